The maximum atomic E-state index is 10.3. The number of aromatic carboxylic acids is 2. The van der Waals surface area contributed by atoms with Gasteiger partial charge in [0, 0.05) is 24.6 Å². The maximum Gasteiger partial charge on any atom is 0.335 e. The maximum absolute atomic E-state index is 10.3. The van der Waals surface area contributed by atoms with Crippen LogP contribution in [0.5, 0.6) is 0 Å². The molecule has 1 saturated heterocycles. The Morgan fingerprint density at radius 3 is 1.33 bits per heavy atom. The summed E-state index contributed by atoms with van der Waals surface area (Å²) in [4.78, 5) is 20.6. The Hall–Kier alpha value is -3.06. The van der Waals surface area contributed by atoms with Crippen LogP contribution < -0.4 is 11.5 Å². The molecule has 6 N–H and O–H groups in total. The van der Waals surface area contributed by atoms with Crippen LogP contribution in [0.2, 0.25) is 0 Å². The van der Waals surface area contributed by atoms with Crippen molar-refractivity contribution in [3.05, 3.63) is 59.7 Å². The highest BCUT2D eigenvalue weighted by molar-refractivity contribution is 5.89. The van der Waals surface area contributed by atoms with Crippen LogP contribution in [0, 0.1) is 0 Å². The summed E-state index contributed by atoms with van der Waals surface area (Å²) in [6, 6.07) is 12.3. The number of anilines is 2. The lowest BCUT2D eigenvalue weighted by atomic mass is 10.2. The van der Waals surface area contributed by atoms with Crippen molar-refractivity contribution in [3.63, 3.8) is 0 Å². The van der Waals surface area contributed by atoms with Gasteiger partial charge in [-0.15, -0.1) is 0 Å². The van der Waals surface area contributed by atoms with Crippen LogP contribution in [0.15, 0.2) is 48.5 Å². The van der Waals surface area contributed by atoms with Gasteiger partial charge in [0.15, 0.2) is 0 Å². The third kappa shape index (κ3) is 7.28. The fourth-order valence-corrected chi connectivity index (χ4v) is 1.49. The quantitative estimate of drug-likeness (QED) is 0.620. The van der Waals surface area contributed by atoms with E-state index < -0.39 is 11.9 Å². The normalized spacial score (nSPS) is 11.7. The van der Waals surface area contributed by atoms with Crippen LogP contribution in [0.25, 0.3) is 0 Å². The second kappa shape index (κ2) is 9.86. The van der Waals surface area contributed by atoms with Crippen molar-refractivity contribution in [1.82, 2.24) is 0 Å². The van der Waals surface area contributed by atoms with Crippen LogP contribution in [-0.2, 0) is 4.74 Å². The van der Waals surface area contributed by atoms with Crippen molar-refractivity contribution in [2.75, 3.05) is 24.7 Å². The fourth-order valence-electron chi connectivity index (χ4n) is 1.49. The zero-order chi connectivity index (χ0) is 17.9. The van der Waals surface area contributed by atoms with E-state index in [1.165, 1.54) is 30.7 Å². The molecule has 0 amide bonds. The average Bonchev–Trinajstić information content (AvgIpc) is 2.46. The van der Waals surface area contributed by atoms with Crippen molar-refractivity contribution >= 4 is 23.3 Å². The van der Waals surface area contributed by atoms with E-state index in [9.17, 15) is 9.59 Å². The number of nitrogen functional groups attached to an aromatic ring is 2. The number of rotatable bonds is 2. The first-order valence-electron chi connectivity index (χ1n) is 7.15. The summed E-state index contributed by atoms with van der Waals surface area (Å²) in [7, 11) is 0. The first-order chi connectivity index (χ1) is 11.4. The molecule has 1 aliphatic rings. The molecule has 0 bridgehead atoms. The van der Waals surface area contributed by atoms with E-state index in [4.69, 9.17) is 26.4 Å². The predicted octanol–water partition coefficient (Wildman–Crippen LogP) is 2.34. The van der Waals surface area contributed by atoms with E-state index in [0.29, 0.717) is 11.4 Å². The Morgan fingerprint density at radius 2 is 1.17 bits per heavy atom. The third-order valence-corrected chi connectivity index (χ3v) is 2.84. The van der Waals surface area contributed by atoms with Crippen LogP contribution in [0.1, 0.15) is 27.1 Å². The second-order valence-corrected chi connectivity index (χ2v) is 4.83. The summed E-state index contributed by atoms with van der Waals surface area (Å²) in [5.74, 6) is -1.90. The Bertz CT molecular complexity index is 625. The molecule has 0 unspecified atom stereocenters. The van der Waals surface area contributed by atoms with Gasteiger partial charge in [-0.05, 0) is 42.8 Å². The molecule has 0 aromatic heterocycles. The lowest BCUT2D eigenvalue weighted by Crippen LogP contribution is -2.09. The standard InChI is InChI=1S/2C7H7NO2.C3H6O/c2*8-6-3-1-2-5(4-6)7(9)10;1-2-4-3-1/h2*1-4H,8H2,(H,9,10);1-3H2. The first kappa shape index (κ1) is 19.0. The molecule has 24 heavy (non-hydrogen) atoms. The van der Waals surface area contributed by atoms with Crippen molar-refractivity contribution in [3.8, 4) is 0 Å². The Morgan fingerprint density at radius 1 is 0.833 bits per heavy atom. The Kier molecular flexibility index (Phi) is 7.80. The number of carboxylic acids is 2. The van der Waals surface area contributed by atoms with Gasteiger partial charge >= 0.3 is 11.9 Å². The molecular weight excluding hydrogens is 312 g/mol. The molecule has 7 heteroatoms. The summed E-state index contributed by atoms with van der Waals surface area (Å²) in [6.45, 7) is 2.00. The van der Waals surface area contributed by atoms with Gasteiger partial charge in [0.05, 0.1) is 11.1 Å². The molecular formula is C17H20N2O5. The number of ether oxygens (including phenoxy) is 1. The van der Waals surface area contributed by atoms with Gasteiger partial charge < -0.3 is 26.4 Å². The van der Waals surface area contributed by atoms with E-state index in [2.05, 4.69) is 0 Å². The molecule has 3 rings (SSSR count). The molecule has 7 nitrogen and oxygen atoms in total. The Labute approximate surface area is 139 Å². The minimum atomic E-state index is -0.952. The van der Waals surface area contributed by atoms with E-state index in [1.807, 2.05) is 0 Å². The number of hydrogen-bond acceptors (Lipinski definition) is 5. The molecule has 2 aromatic rings. The molecule has 1 aliphatic heterocycles. The lowest BCUT2D eigenvalue weighted by Gasteiger charge is -2.09. The van der Waals surface area contributed by atoms with Gasteiger partial charge in [0.2, 0.25) is 0 Å². The van der Waals surface area contributed by atoms with Crippen LogP contribution >= 0.6 is 0 Å². The summed E-state index contributed by atoms with van der Waals surface area (Å²) in [5.41, 5.74) is 12.1. The summed E-state index contributed by atoms with van der Waals surface area (Å²) < 4.78 is 4.72. The zero-order valence-electron chi connectivity index (χ0n) is 13.0. The highest BCUT2D eigenvalue weighted by Crippen LogP contribution is 2.06. The first-order valence-corrected chi connectivity index (χ1v) is 7.15. The highest BCUT2D eigenvalue weighted by atomic mass is 16.5. The van der Waals surface area contributed by atoms with E-state index in [0.717, 1.165) is 13.2 Å². The molecule has 128 valence electrons. The fraction of sp³-hybridized carbons (Fsp3) is 0.176. The van der Waals surface area contributed by atoms with Gasteiger partial charge in [-0.2, -0.15) is 0 Å². The van der Waals surface area contributed by atoms with Crippen LogP contribution in [0.3, 0.4) is 0 Å². The van der Waals surface area contributed by atoms with Crippen LogP contribution in [0.4, 0.5) is 11.4 Å². The average molecular weight is 332 g/mol. The number of nitrogens with two attached hydrogens (primary N) is 2. The second-order valence-electron chi connectivity index (χ2n) is 4.83. The third-order valence-electron chi connectivity index (χ3n) is 2.84. The van der Waals surface area contributed by atoms with E-state index in [1.54, 1.807) is 24.3 Å². The number of carbonyl (C=O) groups is 2. The number of carboxylic acid groups (broad SMARTS) is 2. The minimum Gasteiger partial charge on any atom is -0.478 e. The zero-order valence-corrected chi connectivity index (χ0v) is 13.0. The van der Waals surface area contributed by atoms with Gasteiger partial charge in [-0.25, -0.2) is 9.59 Å². The summed E-state index contributed by atoms with van der Waals surface area (Å²) >= 11 is 0. The largest absolute Gasteiger partial charge is 0.478 e. The summed E-state index contributed by atoms with van der Waals surface area (Å²) in [6.07, 6.45) is 1.28. The monoisotopic (exact) mass is 332 g/mol. The van der Waals surface area contributed by atoms with Crippen molar-refractivity contribution < 1.29 is 24.5 Å². The molecule has 0 radical (unpaired) electrons. The molecule has 0 spiro atoms. The number of benzene rings is 2. The van der Waals surface area contributed by atoms with Gasteiger partial charge in [-0.1, -0.05) is 12.1 Å². The lowest BCUT2D eigenvalue weighted by molar-refractivity contribution is 0.0367. The van der Waals surface area contributed by atoms with Crippen molar-refractivity contribution in [2.45, 2.75) is 6.42 Å². The minimum absolute atomic E-state index is 0.222. The van der Waals surface area contributed by atoms with Crippen molar-refractivity contribution in [2.24, 2.45) is 0 Å². The molecule has 1 fully saturated rings. The Balaban J connectivity index is 0.000000195. The predicted molar refractivity (Wildman–Crippen MR) is 91.1 cm³/mol. The molecule has 0 saturated carbocycles. The SMILES string of the molecule is C1COC1.Nc1cccc(C(=O)O)c1.Nc1cccc(C(=O)O)c1. The van der Waals surface area contributed by atoms with Gasteiger partial charge in [-0.3, -0.25) is 0 Å². The topological polar surface area (TPSA) is 136 Å². The molecule has 2 aromatic carbocycles. The summed E-state index contributed by atoms with van der Waals surface area (Å²) in [5, 5.41) is 16.9. The molecule has 0 aliphatic carbocycles. The van der Waals surface area contributed by atoms with Crippen molar-refractivity contribution in [1.29, 1.82) is 0 Å². The number of hydrogen-bond donors (Lipinski definition) is 4. The van der Waals surface area contributed by atoms with Gasteiger partial charge in [0.1, 0.15) is 0 Å². The van der Waals surface area contributed by atoms with E-state index in [-0.39, 0.29) is 11.1 Å². The van der Waals surface area contributed by atoms with Crippen LogP contribution in [-0.4, -0.2) is 35.4 Å². The van der Waals surface area contributed by atoms with E-state index >= 15 is 0 Å². The molecule has 1 heterocycles. The van der Waals surface area contributed by atoms with Gasteiger partial charge in [0.25, 0.3) is 0 Å². The molecule has 0 atom stereocenters. The highest BCUT2D eigenvalue weighted by Gasteiger charge is 2.00. The smallest absolute Gasteiger partial charge is 0.335 e.